The van der Waals surface area contributed by atoms with E-state index in [4.69, 9.17) is 5.11 Å². The number of nitrogens with zero attached hydrogens (tertiary/aromatic N) is 4. The molecule has 0 atom stereocenters. The molecule has 0 bridgehead atoms. The molecule has 2 aromatic heterocycles. The van der Waals surface area contributed by atoms with Gasteiger partial charge in [0.1, 0.15) is 12.3 Å². The van der Waals surface area contributed by atoms with Gasteiger partial charge < -0.3 is 10.4 Å². The van der Waals surface area contributed by atoms with Gasteiger partial charge in [-0.25, -0.2) is 4.98 Å². The third-order valence-electron chi connectivity index (χ3n) is 2.63. The second kappa shape index (κ2) is 7.77. The number of hydrogen-bond donors (Lipinski definition) is 2. The summed E-state index contributed by atoms with van der Waals surface area (Å²) in [5, 5.41) is 18.9. The highest BCUT2D eigenvalue weighted by atomic mass is 16.2. The molecule has 0 radical (unpaired) electrons. The minimum absolute atomic E-state index is 0.200. The quantitative estimate of drug-likeness (QED) is 0.588. The van der Waals surface area contributed by atoms with Gasteiger partial charge in [-0.2, -0.15) is 0 Å². The lowest BCUT2D eigenvalue weighted by Crippen LogP contribution is -2.26. The number of aliphatic hydroxyl groups is 1. The number of aromatic nitrogens is 4. The second-order valence-corrected chi connectivity index (χ2v) is 4.17. The van der Waals surface area contributed by atoms with Crippen LogP contribution in [0.5, 0.6) is 0 Å². The van der Waals surface area contributed by atoms with Gasteiger partial charge in [0.25, 0.3) is 5.91 Å². The lowest BCUT2D eigenvalue weighted by atomic mass is 10.2. The van der Waals surface area contributed by atoms with E-state index in [1.165, 1.54) is 6.20 Å². The topological polar surface area (TPSA) is 92.9 Å². The molecular formula is C14H15N5O2. The molecule has 108 valence electrons. The van der Waals surface area contributed by atoms with Crippen molar-refractivity contribution >= 4 is 5.91 Å². The fourth-order valence-corrected chi connectivity index (χ4v) is 1.63. The Hall–Kier alpha value is -2.72. The first kappa shape index (κ1) is 14.7. The molecule has 0 saturated heterocycles. The largest absolute Gasteiger partial charge is 0.384 e. The minimum atomic E-state index is -0.227. The fraction of sp³-hybridized carbons (Fsp3) is 0.286. The molecule has 1 amide bonds. The zero-order valence-electron chi connectivity index (χ0n) is 11.4. The van der Waals surface area contributed by atoms with Gasteiger partial charge in [0, 0.05) is 31.0 Å². The summed E-state index contributed by atoms with van der Waals surface area (Å²) >= 11 is 0. The van der Waals surface area contributed by atoms with Crippen molar-refractivity contribution in [2.75, 3.05) is 13.2 Å². The lowest BCUT2D eigenvalue weighted by Gasteiger charge is -2.04. The smallest absolute Gasteiger partial charge is 0.269 e. The molecule has 0 aliphatic carbocycles. The van der Waals surface area contributed by atoms with Crippen LogP contribution in [0.2, 0.25) is 0 Å². The van der Waals surface area contributed by atoms with Crippen LogP contribution in [0.1, 0.15) is 22.5 Å². The van der Waals surface area contributed by atoms with Gasteiger partial charge in [0.05, 0.1) is 6.20 Å². The van der Waals surface area contributed by atoms with Crippen molar-refractivity contribution < 1.29 is 9.90 Å². The highest BCUT2D eigenvalue weighted by molar-refractivity contribution is 5.92. The number of aliphatic hydroxyl groups excluding tert-OH is 1. The minimum Gasteiger partial charge on any atom is -0.384 e. The molecule has 2 N–H and O–H groups in total. The summed E-state index contributed by atoms with van der Waals surface area (Å²) in [6, 6.07) is 3.30. The molecule has 0 aliphatic heterocycles. The number of hydrogen-bond acceptors (Lipinski definition) is 5. The standard InChI is InChI=1S/C14H15N5O2/c20-10-1-3-12-4-5-13(16-11-12)14(21)15-6-2-8-19-9-7-17-18-19/h4-5,7,9,11,20H,2,6,8,10H2,(H,15,21). The first-order valence-electron chi connectivity index (χ1n) is 6.47. The number of nitrogens with one attached hydrogen (secondary N) is 1. The van der Waals surface area contributed by atoms with Crippen molar-refractivity contribution in [1.29, 1.82) is 0 Å². The molecule has 7 nitrogen and oxygen atoms in total. The third kappa shape index (κ3) is 4.71. The van der Waals surface area contributed by atoms with Crippen LogP contribution >= 0.6 is 0 Å². The van der Waals surface area contributed by atoms with E-state index in [9.17, 15) is 4.79 Å². The van der Waals surface area contributed by atoms with E-state index in [0.717, 1.165) is 6.42 Å². The summed E-state index contributed by atoms with van der Waals surface area (Å²) in [7, 11) is 0. The van der Waals surface area contributed by atoms with Crippen LogP contribution in [-0.4, -0.2) is 44.1 Å². The summed E-state index contributed by atoms with van der Waals surface area (Å²) in [6.45, 7) is 1.03. The predicted molar refractivity (Wildman–Crippen MR) is 75.2 cm³/mol. The molecule has 21 heavy (non-hydrogen) atoms. The van der Waals surface area contributed by atoms with E-state index in [1.54, 1.807) is 29.2 Å². The molecule has 2 heterocycles. The van der Waals surface area contributed by atoms with Gasteiger partial charge in [-0.3, -0.25) is 9.48 Å². The highest BCUT2D eigenvalue weighted by Gasteiger charge is 2.05. The molecule has 0 fully saturated rings. The van der Waals surface area contributed by atoms with Crippen LogP contribution in [-0.2, 0) is 6.54 Å². The van der Waals surface area contributed by atoms with Gasteiger partial charge in [0.15, 0.2) is 0 Å². The Morgan fingerprint density at radius 1 is 1.43 bits per heavy atom. The molecule has 2 rings (SSSR count). The van der Waals surface area contributed by atoms with Crippen LogP contribution in [0.15, 0.2) is 30.7 Å². The van der Waals surface area contributed by atoms with Gasteiger partial charge in [-0.1, -0.05) is 17.1 Å². The normalized spacial score (nSPS) is 9.76. The summed E-state index contributed by atoms with van der Waals surface area (Å²) in [5.74, 6) is 5.01. The van der Waals surface area contributed by atoms with E-state index in [-0.39, 0.29) is 12.5 Å². The Kier molecular flexibility index (Phi) is 5.43. The Labute approximate surface area is 122 Å². The number of rotatable bonds is 5. The van der Waals surface area contributed by atoms with E-state index in [2.05, 4.69) is 32.5 Å². The Morgan fingerprint density at radius 2 is 2.33 bits per heavy atom. The number of amides is 1. The first-order valence-corrected chi connectivity index (χ1v) is 6.47. The van der Waals surface area contributed by atoms with E-state index in [1.807, 2.05) is 0 Å². The molecule has 0 unspecified atom stereocenters. The van der Waals surface area contributed by atoms with Crippen LogP contribution < -0.4 is 5.32 Å². The van der Waals surface area contributed by atoms with Gasteiger partial charge in [-0.15, -0.1) is 5.10 Å². The summed E-state index contributed by atoms with van der Waals surface area (Å²) < 4.78 is 1.71. The fourth-order valence-electron chi connectivity index (χ4n) is 1.63. The van der Waals surface area contributed by atoms with Crippen molar-refractivity contribution in [2.24, 2.45) is 0 Å². The maximum absolute atomic E-state index is 11.8. The molecule has 7 heteroatoms. The maximum atomic E-state index is 11.8. The second-order valence-electron chi connectivity index (χ2n) is 4.17. The third-order valence-corrected chi connectivity index (χ3v) is 2.63. The van der Waals surface area contributed by atoms with Crippen LogP contribution in [0, 0.1) is 11.8 Å². The Morgan fingerprint density at radius 3 is 3.00 bits per heavy atom. The number of carbonyl (C=O) groups is 1. The van der Waals surface area contributed by atoms with E-state index >= 15 is 0 Å². The van der Waals surface area contributed by atoms with Crippen molar-refractivity contribution in [3.05, 3.63) is 42.0 Å². The molecule has 0 aliphatic rings. The van der Waals surface area contributed by atoms with Crippen LogP contribution in [0.4, 0.5) is 0 Å². The summed E-state index contributed by atoms with van der Waals surface area (Å²) in [5.41, 5.74) is 0.997. The zero-order chi connectivity index (χ0) is 14.9. The molecule has 2 aromatic rings. The van der Waals surface area contributed by atoms with E-state index < -0.39 is 0 Å². The number of aryl methyl sites for hydroxylation is 1. The molecule has 0 aromatic carbocycles. The summed E-state index contributed by atoms with van der Waals surface area (Å²) in [6.07, 6.45) is 5.65. The van der Waals surface area contributed by atoms with Crippen LogP contribution in [0.3, 0.4) is 0 Å². The van der Waals surface area contributed by atoms with Crippen molar-refractivity contribution in [3.8, 4) is 11.8 Å². The molecule has 0 saturated carbocycles. The zero-order valence-corrected chi connectivity index (χ0v) is 11.4. The number of carbonyl (C=O) groups excluding carboxylic acids is 1. The van der Waals surface area contributed by atoms with Crippen molar-refractivity contribution in [2.45, 2.75) is 13.0 Å². The van der Waals surface area contributed by atoms with Crippen molar-refractivity contribution in [3.63, 3.8) is 0 Å². The van der Waals surface area contributed by atoms with Gasteiger partial charge in [-0.05, 0) is 18.6 Å². The Balaban J connectivity index is 1.77. The van der Waals surface area contributed by atoms with Crippen molar-refractivity contribution in [1.82, 2.24) is 25.3 Å². The predicted octanol–water partition coefficient (Wildman–Crippen LogP) is -0.163. The molecular weight excluding hydrogens is 270 g/mol. The Bertz CT molecular complexity index is 626. The lowest BCUT2D eigenvalue weighted by molar-refractivity contribution is 0.0947. The average molecular weight is 285 g/mol. The molecule has 0 spiro atoms. The van der Waals surface area contributed by atoms with Crippen LogP contribution in [0.25, 0.3) is 0 Å². The first-order chi connectivity index (χ1) is 10.3. The number of pyridine rings is 1. The average Bonchev–Trinajstić information content (AvgIpc) is 3.03. The van der Waals surface area contributed by atoms with Gasteiger partial charge in [0.2, 0.25) is 0 Å². The highest BCUT2D eigenvalue weighted by Crippen LogP contribution is 1.99. The maximum Gasteiger partial charge on any atom is 0.269 e. The SMILES string of the molecule is O=C(NCCCn1ccnn1)c1ccc(C#CCO)cn1. The monoisotopic (exact) mass is 285 g/mol. The van der Waals surface area contributed by atoms with Gasteiger partial charge >= 0.3 is 0 Å². The van der Waals surface area contributed by atoms with E-state index in [0.29, 0.717) is 24.3 Å². The summed E-state index contributed by atoms with van der Waals surface area (Å²) in [4.78, 5) is 15.9.